The molecular formula is C24H16Cl2N2O3S. The minimum atomic E-state index is -1.69. The third-order valence-electron chi connectivity index (χ3n) is 4.66. The van der Waals surface area contributed by atoms with Gasteiger partial charge in [-0.15, -0.1) is 0 Å². The first-order valence-corrected chi connectivity index (χ1v) is 11.4. The first-order chi connectivity index (χ1) is 15.4. The molecule has 0 amide bonds. The summed E-state index contributed by atoms with van der Waals surface area (Å²) in [6.07, 6.45) is 3.77. The van der Waals surface area contributed by atoms with Crippen molar-refractivity contribution < 1.29 is 14.1 Å². The predicted octanol–water partition coefficient (Wildman–Crippen LogP) is 5.30. The maximum absolute atomic E-state index is 13.1. The molecule has 0 saturated heterocycles. The number of Topliss-reactive ketones (excluding diaryl/α,β-unsaturated/α-hetero) is 1. The summed E-state index contributed by atoms with van der Waals surface area (Å²) in [5.41, 5.74) is 3.18. The zero-order chi connectivity index (χ0) is 22.7. The van der Waals surface area contributed by atoms with Gasteiger partial charge in [0.2, 0.25) is 16.6 Å². The van der Waals surface area contributed by atoms with Crippen molar-refractivity contribution in [2.45, 2.75) is 6.42 Å². The Balaban J connectivity index is 1.57. The van der Waals surface area contributed by atoms with Crippen molar-refractivity contribution in [3.8, 4) is 17.7 Å². The van der Waals surface area contributed by atoms with Gasteiger partial charge in [0.05, 0.1) is 28.4 Å². The van der Waals surface area contributed by atoms with Gasteiger partial charge in [-0.3, -0.25) is 4.79 Å². The topological polar surface area (TPSA) is 74.3 Å². The van der Waals surface area contributed by atoms with Crippen molar-refractivity contribution in [3.05, 3.63) is 91.9 Å². The molecule has 0 fully saturated rings. The molecule has 1 aromatic heterocycles. The number of pyridine rings is 1. The maximum Gasteiger partial charge on any atom is 0.245 e. The molecule has 0 bridgehead atoms. The van der Waals surface area contributed by atoms with Crippen LogP contribution in [0.1, 0.15) is 27.0 Å². The van der Waals surface area contributed by atoms with Crippen molar-refractivity contribution in [2.24, 2.45) is 0 Å². The Morgan fingerprint density at radius 1 is 1.16 bits per heavy atom. The number of ether oxygens (including phenoxy) is 1. The van der Waals surface area contributed by atoms with Crippen molar-refractivity contribution in [1.82, 2.24) is 4.98 Å². The normalized spacial score (nSPS) is 16.1. The Kier molecular flexibility index (Phi) is 6.73. The number of anilines is 1. The first-order valence-electron chi connectivity index (χ1n) is 9.46. The number of fused-ring (bicyclic) bond motifs is 1. The number of carbonyl (C=O) groups is 1. The Labute approximate surface area is 198 Å². The molecule has 1 atom stereocenters. The molecule has 1 aliphatic rings. The van der Waals surface area contributed by atoms with Gasteiger partial charge in [-0.25, -0.2) is 9.71 Å². The summed E-state index contributed by atoms with van der Waals surface area (Å²) in [4.78, 5) is 17.3. The van der Waals surface area contributed by atoms with E-state index in [1.807, 2.05) is 6.07 Å². The lowest BCUT2D eigenvalue weighted by atomic mass is 10.0. The van der Waals surface area contributed by atoms with Crippen molar-refractivity contribution in [2.75, 3.05) is 11.8 Å². The zero-order valence-electron chi connectivity index (χ0n) is 16.8. The summed E-state index contributed by atoms with van der Waals surface area (Å²) in [5, 5.41) is 0.759. The second-order valence-corrected chi connectivity index (χ2v) is 8.83. The summed E-state index contributed by atoms with van der Waals surface area (Å²) in [5.74, 6) is 6.37. The van der Waals surface area contributed by atoms with Crippen LogP contribution in [-0.4, -0.2) is 22.4 Å². The molecule has 1 unspecified atom stereocenters. The summed E-state index contributed by atoms with van der Waals surface area (Å²) in [6.45, 7) is 0. The van der Waals surface area contributed by atoms with Crippen LogP contribution in [-0.2, 0) is 17.8 Å². The number of methoxy groups -OCH3 is 1. The van der Waals surface area contributed by atoms with E-state index in [1.54, 1.807) is 61.8 Å². The van der Waals surface area contributed by atoms with E-state index < -0.39 is 11.4 Å². The highest BCUT2D eigenvalue weighted by molar-refractivity contribution is 7.97. The molecule has 0 radical (unpaired) electrons. The first kappa shape index (κ1) is 22.3. The van der Waals surface area contributed by atoms with Gasteiger partial charge in [-0.1, -0.05) is 47.2 Å². The summed E-state index contributed by atoms with van der Waals surface area (Å²) >= 11 is 10.3. The van der Waals surface area contributed by atoms with E-state index in [0.717, 1.165) is 5.56 Å². The van der Waals surface area contributed by atoms with Crippen LogP contribution < -0.4 is 9.46 Å². The summed E-state index contributed by atoms with van der Waals surface area (Å²) in [7, 11) is 1.56. The van der Waals surface area contributed by atoms with Gasteiger partial charge in [0.25, 0.3) is 0 Å². The molecule has 0 saturated carbocycles. The van der Waals surface area contributed by atoms with E-state index in [4.69, 9.17) is 27.9 Å². The molecule has 8 heteroatoms. The number of nitrogens with zero attached hydrogens (tertiary/aromatic N) is 1. The second kappa shape index (κ2) is 9.68. The van der Waals surface area contributed by atoms with Crippen LogP contribution in [0.5, 0.6) is 5.88 Å². The molecule has 3 aromatic rings. The van der Waals surface area contributed by atoms with Gasteiger partial charge in [0, 0.05) is 30.3 Å². The molecule has 1 aliphatic heterocycles. The number of nitrogens with one attached hydrogen (secondary N) is 1. The van der Waals surface area contributed by atoms with E-state index in [-0.39, 0.29) is 10.7 Å². The average molecular weight is 483 g/mol. The van der Waals surface area contributed by atoms with E-state index in [1.165, 1.54) is 0 Å². The Bertz CT molecular complexity index is 1280. The van der Waals surface area contributed by atoms with Crippen molar-refractivity contribution in [1.29, 1.82) is 0 Å². The summed E-state index contributed by atoms with van der Waals surface area (Å²) in [6, 6.07) is 13.8. The van der Waals surface area contributed by atoms with Gasteiger partial charge in [0.15, 0.2) is 0 Å². The number of benzene rings is 2. The van der Waals surface area contributed by atoms with E-state index in [0.29, 0.717) is 44.7 Å². The predicted molar refractivity (Wildman–Crippen MR) is 128 cm³/mol. The number of hydrogen-bond donors (Lipinski definition) is 1. The number of ketones is 1. The number of allylic oxidation sites excluding steroid dienone is 1. The van der Waals surface area contributed by atoms with Crippen LogP contribution in [0.25, 0.3) is 6.08 Å². The third-order valence-corrected chi connectivity index (χ3v) is 6.51. The van der Waals surface area contributed by atoms with Crippen LogP contribution in [0.2, 0.25) is 10.0 Å². The fraction of sp³-hybridized carbons (Fsp3) is 0.0833. The van der Waals surface area contributed by atoms with Crippen LogP contribution in [0, 0.1) is 11.8 Å². The molecule has 2 heterocycles. The van der Waals surface area contributed by atoms with Crippen LogP contribution in [0.4, 0.5) is 5.69 Å². The molecule has 0 spiro atoms. The van der Waals surface area contributed by atoms with Gasteiger partial charge in [-0.05, 0) is 41.5 Å². The van der Waals surface area contributed by atoms with E-state index in [2.05, 4.69) is 21.5 Å². The van der Waals surface area contributed by atoms with E-state index in [9.17, 15) is 9.35 Å². The molecule has 0 aliphatic carbocycles. The number of aromatic nitrogens is 1. The molecule has 5 nitrogen and oxygen atoms in total. The Hall–Kier alpha value is -2.95. The number of halogens is 2. The highest BCUT2D eigenvalue weighted by atomic mass is 35.5. The summed E-state index contributed by atoms with van der Waals surface area (Å²) < 4.78 is 20.5. The van der Waals surface area contributed by atoms with Crippen LogP contribution in [0.3, 0.4) is 0 Å². The molecule has 1 N–H and O–H groups in total. The highest BCUT2D eigenvalue weighted by Crippen LogP contribution is 2.32. The Morgan fingerprint density at radius 2 is 2.00 bits per heavy atom. The minimum Gasteiger partial charge on any atom is -0.588 e. The molecule has 2 aromatic carbocycles. The van der Waals surface area contributed by atoms with Gasteiger partial charge >= 0.3 is 0 Å². The average Bonchev–Trinajstić information content (AvgIpc) is 2.80. The third kappa shape index (κ3) is 4.93. The maximum atomic E-state index is 13.1. The Morgan fingerprint density at radius 3 is 2.72 bits per heavy atom. The van der Waals surface area contributed by atoms with Crippen molar-refractivity contribution >= 4 is 52.1 Å². The van der Waals surface area contributed by atoms with Gasteiger partial charge < -0.3 is 9.29 Å². The lowest BCUT2D eigenvalue weighted by Crippen LogP contribution is -2.27. The SMILES string of the molecule is COc1ccc(CC#Cc2ccc3c(c2)C(=O)/C(=C/c2ccc(Cl)c(Cl)c2)[S+]([O-])N3)cn1. The monoisotopic (exact) mass is 482 g/mol. The second-order valence-electron chi connectivity index (χ2n) is 6.83. The fourth-order valence-corrected chi connectivity index (χ4v) is 4.34. The zero-order valence-corrected chi connectivity index (χ0v) is 19.1. The molecular weight excluding hydrogens is 467 g/mol. The van der Waals surface area contributed by atoms with Gasteiger partial charge in [0.1, 0.15) is 11.4 Å². The standard InChI is InChI=1S/C24H16Cl2N2O3S/c1-31-23-10-7-16(14-27-23)4-2-3-15-6-9-21-18(11-15)24(29)22(32(30)28-21)13-17-5-8-19(25)20(26)12-17/h5-14,28H,4H2,1H3/b22-13-. The lowest BCUT2D eigenvalue weighted by Gasteiger charge is -2.21. The molecule has 160 valence electrons. The number of rotatable bonds is 3. The van der Waals surface area contributed by atoms with Crippen LogP contribution >= 0.6 is 23.2 Å². The van der Waals surface area contributed by atoms with Gasteiger partial charge in [-0.2, -0.15) is 0 Å². The number of carbonyl (C=O) groups excluding carboxylic acids is 1. The minimum absolute atomic E-state index is 0.130. The molecule has 4 rings (SSSR count). The smallest absolute Gasteiger partial charge is 0.245 e. The highest BCUT2D eigenvalue weighted by Gasteiger charge is 2.33. The van der Waals surface area contributed by atoms with Crippen molar-refractivity contribution in [3.63, 3.8) is 0 Å². The van der Waals surface area contributed by atoms with E-state index >= 15 is 0 Å². The molecule has 32 heavy (non-hydrogen) atoms. The number of hydrogen-bond acceptors (Lipinski definition) is 5. The van der Waals surface area contributed by atoms with Crippen LogP contribution in [0.15, 0.2) is 59.6 Å². The quantitative estimate of drug-likeness (QED) is 0.311. The lowest BCUT2D eigenvalue weighted by molar-refractivity contribution is 0.104. The fourth-order valence-electron chi connectivity index (χ4n) is 3.03. The largest absolute Gasteiger partial charge is 0.588 e.